The van der Waals surface area contributed by atoms with Crippen molar-refractivity contribution in [2.45, 2.75) is 50.6 Å². The van der Waals surface area contributed by atoms with Crippen molar-refractivity contribution in [3.8, 4) is 0 Å². The van der Waals surface area contributed by atoms with Gasteiger partial charge in [0, 0.05) is 44.2 Å². The Bertz CT molecular complexity index is 641. The van der Waals surface area contributed by atoms with Gasteiger partial charge < -0.3 is 15.0 Å². The van der Waals surface area contributed by atoms with Gasteiger partial charge in [-0.25, -0.2) is 4.79 Å². The Morgan fingerprint density at radius 1 is 1.43 bits per heavy atom. The zero-order valence-electron chi connectivity index (χ0n) is 16.2. The van der Waals surface area contributed by atoms with Crippen LogP contribution in [0.25, 0.3) is 0 Å². The third-order valence-electron chi connectivity index (χ3n) is 6.10. The number of hydrogen-bond acceptors (Lipinski definition) is 4. The molecule has 23 heavy (non-hydrogen) atoms. The number of piperidine rings is 1. The highest BCUT2D eigenvalue weighted by Gasteiger charge is 2.44. The van der Waals surface area contributed by atoms with Gasteiger partial charge in [0.05, 0.1) is 17.2 Å². The Kier molecular flexibility index (Phi) is 2.77. The molecule has 1 spiro atoms. The minimum absolute atomic E-state index is 0.0143. The van der Waals surface area contributed by atoms with Crippen molar-refractivity contribution in [2.75, 3.05) is 26.7 Å². The van der Waals surface area contributed by atoms with E-state index in [9.17, 15) is 9.59 Å². The largest absolute Gasteiger partial charge is 0.453 e. The van der Waals surface area contributed by atoms with Crippen molar-refractivity contribution in [3.63, 3.8) is 0 Å². The standard InChI is InChI=1S/C17H25N3O3/c1-23-16(22)20-12-2-3-13(20)9-14(8-12)19-6-4-17(5-7-19)10-15(21)18-11-17/h8,12-13H,2-7,9-11H2,1H3,(H,18,21)/i1D3. The van der Waals surface area contributed by atoms with Gasteiger partial charge in [-0.15, -0.1) is 0 Å². The van der Waals surface area contributed by atoms with Gasteiger partial charge in [0.25, 0.3) is 0 Å². The Morgan fingerprint density at radius 3 is 2.91 bits per heavy atom. The van der Waals surface area contributed by atoms with Crippen molar-refractivity contribution < 1.29 is 18.4 Å². The lowest BCUT2D eigenvalue weighted by Crippen LogP contribution is -2.47. The summed E-state index contributed by atoms with van der Waals surface area (Å²) < 4.78 is 26.0. The third-order valence-corrected chi connectivity index (χ3v) is 6.10. The first-order chi connectivity index (χ1) is 12.2. The van der Waals surface area contributed by atoms with Crippen LogP contribution in [-0.2, 0) is 9.53 Å². The first-order valence-corrected chi connectivity index (χ1v) is 8.48. The second-order valence-corrected chi connectivity index (χ2v) is 7.38. The van der Waals surface area contributed by atoms with Crippen molar-refractivity contribution in [2.24, 2.45) is 5.41 Å². The maximum Gasteiger partial charge on any atom is 0.410 e. The van der Waals surface area contributed by atoms with Crippen LogP contribution in [0.1, 0.15) is 42.6 Å². The van der Waals surface area contributed by atoms with E-state index in [-0.39, 0.29) is 23.4 Å². The average molecular weight is 322 g/mol. The monoisotopic (exact) mass is 322 g/mol. The highest BCUT2D eigenvalue weighted by Crippen LogP contribution is 2.41. The minimum Gasteiger partial charge on any atom is -0.453 e. The number of nitrogens with zero attached hydrogens (tertiary/aromatic N) is 2. The van der Waals surface area contributed by atoms with E-state index in [1.165, 1.54) is 5.70 Å². The maximum atomic E-state index is 12.2. The van der Waals surface area contributed by atoms with Crippen LogP contribution in [0.5, 0.6) is 0 Å². The Balaban J connectivity index is 1.40. The number of ether oxygens (including phenoxy) is 1. The van der Waals surface area contributed by atoms with Crippen molar-refractivity contribution in [1.82, 2.24) is 15.1 Å². The molecule has 0 radical (unpaired) electrons. The van der Waals surface area contributed by atoms with Crippen LogP contribution in [0, 0.1) is 5.41 Å². The fraction of sp³-hybridized carbons (Fsp3) is 0.765. The van der Waals surface area contributed by atoms with Gasteiger partial charge in [-0.05, 0) is 37.2 Å². The molecule has 3 saturated heterocycles. The van der Waals surface area contributed by atoms with Gasteiger partial charge in [0.15, 0.2) is 0 Å². The van der Waals surface area contributed by atoms with Gasteiger partial charge in [0.2, 0.25) is 5.91 Å². The van der Waals surface area contributed by atoms with E-state index in [2.05, 4.69) is 21.0 Å². The summed E-state index contributed by atoms with van der Waals surface area (Å²) in [4.78, 5) is 27.8. The number of carbonyl (C=O) groups is 2. The molecule has 1 N–H and O–H groups in total. The Labute approximate surface area is 141 Å². The molecular formula is C17H25N3O3. The molecule has 3 fully saturated rings. The molecular weight excluding hydrogens is 294 g/mol. The van der Waals surface area contributed by atoms with Crippen molar-refractivity contribution >= 4 is 12.0 Å². The van der Waals surface area contributed by atoms with Crippen LogP contribution in [0.15, 0.2) is 11.8 Å². The summed E-state index contributed by atoms with van der Waals surface area (Å²) in [5, 5.41) is 2.96. The molecule has 4 rings (SSSR count). The van der Waals surface area contributed by atoms with E-state index in [1.54, 1.807) is 4.90 Å². The zero-order chi connectivity index (χ0) is 18.5. The van der Waals surface area contributed by atoms with Crippen molar-refractivity contribution in [1.29, 1.82) is 0 Å². The molecule has 0 aromatic carbocycles. The SMILES string of the molecule is [2H]C([2H])([2H])OC(=O)N1C2C=C(N3CCC4(CC3)CNC(=O)C4)CC1CC2. The first kappa shape index (κ1) is 11.8. The number of hydrogen-bond donors (Lipinski definition) is 1. The van der Waals surface area contributed by atoms with Crippen LogP contribution >= 0.6 is 0 Å². The number of likely N-dealkylation sites (tertiary alicyclic amines) is 1. The quantitative estimate of drug-likeness (QED) is 0.794. The van der Waals surface area contributed by atoms with E-state index in [0.29, 0.717) is 6.42 Å². The minimum atomic E-state index is -2.70. The predicted molar refractivity (Wildman–Crippen MR) is 84.6 cm³/mol. The predicted octanol–water partition coefficient (Wildman–Crippen LogP) is 1.48. The number of fused-ring (bicyclic) bond motifs is 2. The fourth-order valence-electron chi connectivity index (χ4n) is 4.75. The van der Waals surface area contributed by atoms with Crippen LogP contribution in [-0.4, -0.2) is 60.6 Å². The molecule has 6 heteroatoms. The molecule has 2 unspecified atom stereocenters. The molecule has 2 bridgehead atoms. The summed E-state index contributed by atoms with van der Waals surface area (Å²) in [6.45, 7) is 2.65. The Hall–Kier alpha value is -1.72. The van der Waals surface area contributed by atoms with E-state index in [4.69, 9.17) is 4.11 Å². The number of carbonyl (C=O) groups excluding carboxylic acids is 2. The highest BCUT2D eigenvalue weighted by molar-refractivity contribution is 5.79. The van der Waals surface area contributed by atoms with Gasteiger partial charge >= 0.3 is 6.09 Å². The van der Waals surface area contributed by atoms with Gasteiger partial charge in [0.1, 0.15) is 0 Å². The molecule has 6 nitrogen and oxygen atoms in total. The van der Waals surface area contributed by atoms with Crippen molar-refractivity contribution in [3.05, 3.63) is 11.8 Å². The van der Waals surface area contributed by atoms with E-state index >= 15 is 0 Å². The average Bonchev–Trinajstić information content (AvgIpc) is 3.04. The first-order valence-electron chi connectivity index (χ1n) is 9.98. The normalized spacial score (nSPS) is 34.5. The smallest absolute Gasteiger partial charge is 0.410 e. The summed E-state index contributed by atoms with van der Waals surface area (Å²) in [5.41, 5.74) is 1.37. The summed E-state index contributed by atoms with van der Waals surface area (Å²) in [6.07, 6.45) is 6.49. The lowest BCUT2D eigenvalue weighted by atomic mass is 9.77. The molecule has 2 atom stereocenters. The lowest BCUT2D eigenvalue weighted by Gasteiger charge is -2.43. The number of methoxy groups -OCH3 is 1. The second kappa shape index (κ2) is 5.42. The van der Waals surface area contributed by atoms with Crippen LogP contribution in [0.4, 0.5) is 4.79 Å². The molecule has 0 aliphatic carbocycles. The number of nitrogens with one attached hydrogen (secondary N) is 1. The molecule has 0 saturated carbocycles. The number of amides is 2. The molecule has 4 aliphatic heterocycles. The number of rotatable bonds is 1. The molecule has 0 aromatic rings. The summed E-state index contributed by atoms with van der Waals surface area (Å²) >= 11 is 0. The lowest BCUT2D eigenvalue weighted by molar-refractivity contribution is -0.119. The van der Waals surface area contributed by atoms with Gasteiger partial charge in [-0.1, -0.05) is 0 Å². The molecule has 0 aromatic heterocycles. The summed E-state index contributed by atoms with van der Waals surface area (Å²) in [5.74, 6) is 0.164. The molecule has 2 amide bonds. The van der Waals surface area contributed by atoms with Crippen LogP contribution in [0.2, 0.25) is 0 Å². The van der Waals surface area contributed by atoms with E-state index < -0.39 is 13.1 Å². The van der Waals surface area contributed by atoms with E-state index in [1.807, 2.05) is 0 Å². The zero-order valence-corrected chi connectivity index (χ0v) is 13.2. The van der Waals surface area contributed by atoms with E-state index in [0.717, 1.165) is 51.7 Å². The molecule has 4 heterocycles. The highest BCUT2D eigenvalue weighted by atomic mass is 16.5. The second-order valence-electron chi connectivity index (χ2n) is 7.38. The van der Waals surface area contributed by atoms with Crippen LogP contribution < -0.4 is 5.32 Å². The van der Waals surface area contributed by atoms with Gasteiger partial charge in [-0.2, -0.15) is 0 Å². The maximum absolute atomic E-state index is 12.2. The topological polar surface area (TPSA) is 61.9 Å². The summed E-state index contributed by atoms with van der Waals surface area (Å²) in [7, 11) is -2.70. The Morgan fingerprint density at radius 2 is 2.26 bits per heavy atom. The van der Waals surface area contributed by atoms with Crippen LogP contribution in [0.3, 0.4) is 0 Å². The summed E-state index contributed by atoms with van der Waals surface area (Å²) in [6, 6.07) is -0.0651. The van der Waals surface area contributed by atoms with Gasteiger partial charge in [-0.3, -0.25) is 9.69 Å². The molecule has 4 aliphatic rings. The molecule has 126 valence electrons. The third kappa shape index (κ3) is 2.48. The fourth-order valence-corrected chi connectivity index (χ4v) is 4.75.